The molecule has 3 aromatic carbocycles. The first kappa shape index (κ1) is 25.4. The highest BCUT2D eigenvalue weighted by molar-refractivity contribution is 6.31. The summed E-state index contributed by atoms with van der Waals surface area (Å²) in [6.07, 6.45) is 0. The van der Waals surface area contributed by atoms with E-state index in [4.69, 9.17) is 21.6 Å². The minimum absolute atomic E-state index is 0.0623. The van der Waals surface area contributed by atoms with Crippen LogP contribution in [-0.4, -0.2) is 58.5 Å². The maximum absolute atomic E-state index is 12.7. The molecule has 1 amide bonds. The highest BCUT2D eigenvalue weighted by atomic mass is 35.5. The van der Waals surface area contributed by atoms with Crippen molar-refractivity contribution in [3.05, 3.63) is 89.4 Å². The van der Waals surface area contributed by atoms with Crippen molar-refractivity contribution >= 4 is 52.4 Å². The molecule has 9 nitrogen and oxygen atoms in total. The summed E-state index contributed by atoms with van der Waals surface area (Å²) >= 11 is 6.09. The predicted octanol–water partition coefficient (Wildman–Crippen LogP) is 5.08. The van der Waals surface area contributed by atoms with E-state index in [1.807, 2.05) is 79.7 Å². The second-order valence-corrected chi connectivity index (χ2v) is 9.47. The van der Waals surface area contributed by atoms with E-state index < -0.39 is 0 Å². The summed E-state index contributed by atoms with van der Waals surface area (Å²) in [6.45, 7) is 5.03. The van der Waals surface area contributed by atoms with Gasteiger partial charge in [-0.25, -0.2) is 0 Å². The summed E-state index contributed by atoms with van der Waals surface area (Å²) in [7, 11) is 0. The molecule has 0 spiro atoms. The van der Waals surface area contributed by atoms with Gasteiger partial charge in [0.2, 0.25) is 23.8 Å². The summed E-state index contributed by atoms with van der Waals surface area (Å²) in [5.74, 6) is 1.43. The monoisotopic (exact) mass is 528 g/mol. The first-order valence-corrected chi connectivity index (χ1v) is 12.8. The maximum Gasteiger partial charge on any atom is 0.238 e. The standard InChI is InChI=1S/C28H29ClN8O/c1-20-12-13-21(29)18-24(20)32-25(38)19-36-14-16-37(17-15-36)28-34-26(30-22-8-4-2-5-9-22)33-27(35-28)31-23-10-6-3-7-11-23/h2-13,18H,14-17,19H2,1H3,(H,32,38)(H2,30,31,33,34,35). The fourth-order valence-corrected chi connectivity index (χ4v) is 4.32. The molecule has 0 bridgehead atoms. The fraction of sp³-hybridized carbons (Fsp3) is 0.214. The zero-order chi connectivity index (χ0) is 26.3. The zero-order valence-corrected chi connectivity index (χ0v) is 21.8. The molecule has 1 aliphatic heterocycles. The SMILES string of the molecule is Cc1ccc(Cl)cc1NC(=O)CN1CCN(c2nc(Nc3ccccc3)nc(Nc3ccccc3)n2)CC1. The molecule has 1 aromatic heterocycles. The van der Waals surface area contributed by atoms with Crippen LogP contribution in [0.4, 0.5) is 34.9 Å². The van der Waals surface area contributed by atoms with Crippen LogP contribution in [0.2, 0.25) is 5.02 Å². The van der Waals surface area contributed by atoms with Gasteiger partial charge in [0.25, 0.3) is 0 Å². The van der Waals surface area contributed by atoms with Gasteiger partial charge < -0.3 is 20.9 Å². The minimum atomic E-state index is -0.0623. The highest BCUT2D eigenvalue weighted by Gasteiger charge is 2.22. The first-order chi connectivity index (χ1) is 18.5. The third-order valence-corrected chi connectivity index (χ3v) is 6.41. The second-order valence-electron chi connectivity index (χ2n) is 9.04. The van der Waals surface area contributed by atoms with E-state index in [0.29, 0.717) is 55.6 Å². The third kappa shape index (κ3) is 6.76. The average Bonchev–Trinajstić information content (AvgIpc) is 2.92. The van der Waals surface area contributed by atoms with Crippen LogP contribution in [0.15, 0.2) is 78.9 Å². The topological polar surface area (TPSA) is 98.3 Å². The number of benzene rings is 3. The largest absolute Gasteiger partial charge is 0.338 e. The molecule has 38 heavy (non-hydrogen) atoms. The molecule has 1 aliphatic rings. The van der Waals surface area contributed by atoms with Crippen LogP contribution >= 0.6 is 11.6 Å². The number of para-hydroxylation sites is 2. The number of carbonyl (C=O) groups is 1. The van der Waals surface area contributed by atoms with E-state index in [0.717, 1.165) is 22.6 Å². The summed E-state index contributed by atoms with van der Waals surface area (Å²) in [5.41, 5.74) is 3.49. The van der Waals surface area contributed by atoms with Gasteiger partial charge in [-0.1, -0.05) is 54.1 Å². The Kier molecular flexibility index (Phi) is 7.96. The van der Waals surface area contributed by atoms with Gasteiger partial charge in [0, 0.05) is 48.3 Å². The van der Waals surface area contributed by atoms with E-state index in [1.54, 1.807) is 6.07 Å². The smallest absolute Gasteiger partial charge is 0.238 e. The number of carbonyl (C=O) groups excluding carboxylic acids is 1. The van der Waals surface area contributed by atoms with Crippen LogP contribution in [0.25, 0.3) is 0 Å². The van der Waals surface area contributed by atoms with Gasteiger partial charge >= 0.3 is 0 Å². The van der Waals surface area contributed by atoms with Crippen molar-refractivity contribution in [1.82, 2.24) is 19.9 Å². The van der Waals surface area contributed by atoms with Gasteiger partial charge in [0.15, 0.2) is 0 Å². The van der Waals surface area contributed by atoms with Gasteiger partial charge in [0.05, 0.1) is 6.54 Å². The molecule has 3 N–H and O–H groups in total. The fourth-order valence-electron chi connectivity index (χ4n) is 4.15. The van der Waals surface area contributed by atoms with E-state index >= 15 is 0 Å². The van der Waals surface area contributed by atoms with Crippen LogP contribution < -0.4 is 20.9 Å². The lowest BCUT2D eigenvalue weighted by Crippen LogP contribution is -2.49. The molecule has 4 aromatic rings. The third-order valence-electron chi connectivity index (χ3n) is 6.18. The molecule has 0 aliphatic carbocycles. The number of hydrogen-bond acceptors (Lipinski definition) is 8. The quantitative estimate of drug-likeness (QED) is 0.291. The number of piperazine rings is 1. The van der Waals surface area contributed by atoms with Crippen LogP contribution in [0.3, 0.4) is 0 Å². The summed E-state index contributed by atoms with van der Waals surface area (Å²) in [5, 5.41) is 10.1. The van der Waals surface area contributed by atoms with Gasteiger partial charge in [-0.2, -0.15) is 15.0 Å². The molecular weight excluding hydrogens is 500 g/mol. The Morgan fingerprint density at radius 2 is 1.39 bits per heavy atom. The second kappa shape index (κ2) is 11.9. The van der Waals surface area contributed by atoms with E-state index in [2.05, 4.69) is 30.7 Å². The number of nitrogens with zero attached hydrogens (tertiary/aromatic N) is 5. The maximum atomic E-state index is 12.7. The summed E-state index contributed by atoms with van der Waals surface area (Å²) < 4.78 is 0. The lowest BCUT2D eigenvalue weighted by molar-refractivity contribution is -0.117. The van der Waals surface area contributed by atoms with E-state index in [9.17, 15) is 4.79 Å². The minimum Gasteiger partial charge on any atom is -0.338 e. The van der Waals surface area contributed by atoms with Crippen LogP contribution in [0.1, 0.15) is 5.56 Å². The number of nitrogens with one attached hydrogen (secondary N) is 3. The number of rotatable bonds is 8. The Hall–Kier alpha value is -4.21. The van der Waals surface area contributed by atoms with Crippen LogP contribution in [-0.2, 0) is 4.79 Å². The molecule has 2 heterocycles. The van der Waals surface area contributed by atoms with Crippen molar-refractivity contribution in [2.75, 3.05) is 53.6 Å². The number of hydrogen-bond donors (Lipinski definition) is 3. The Bertz CT molecular complexity index is 1320. The first-order valence-electron chi connectivity index (χ1n) is 12.5. The average molecular weight is 529 g/mol. The molecule has 0 atom stereocenters. The van der Waals surface area contributed by atoms with Crippen molar-refractivity contribution in [2.45, 2.75) is 6.92 Å². The molecule has 10 heteroatoms. The lowest BCUT2D eigenvalue weighted by atomic mass is 10.2. The molecule has 0 unspecified atom stereocenters. The number of aromatic nitrogens is 3. The number of anilines is 6. The molecule has 194 valence electrons. The Morgan fingerprint density at radius 3 is 1.97 bits per heavy atom. The van der Waals surface area contributed by atoms with Crippen LogP contribution in [0.5, 0.6) is 0 Å². The van der Waals surface area contributed by atoms with Crippen molar-refractivity contribution < 1.29 is 4.79 Å². The highest BCUT2D eigenvalue weighted by Crippen LogP contribution is 2.22. The Morgan fingerprint density at radius 1 is 0.816 bits per heavy atom. The number of halogens is 1. The van der Waals surface area contributed by atoms with Crippen molar-refractivity contribution in [2.24, 2.45) is 0 Å². The zero-order valence-electron chi connectivity index (χ0n) is 21.1. The van der Waals surface area contributed by atoms with Gasteiger partial charge in [-0.05, 0) is 48.9 Å². The van der Waals surface area contributed by atoms with Crippen LogP contribution in [0, 0.1) is 6.92 Å². The summed E-state index contributed by atoms with van der Waals surface area (Å²) in [4.78, 5) is 30.9. The van der Waals surface area contributed by atoms with Gasteiger partial charge in [-0.3, -0.25) is 9.69 Å². The Labute approximate surface area is 226 Å². The number of amides is 1. The normalized spacial score (nSPS) is 13.7. The predicted molar refractivity (Wildman–Crippen MR) is 153 cm³/mol. The van der Waals surface area contributed by atoms with Gasteiger partial charge in [0.1, 0.15) is 0 Å². The van der Waals surface area contributed by atoms with E-state index in [-0.39, 0.29) is 5.91 Å². The molecular formula is C28H29ClN8O. The number of aryl methyl sites for hydroxylation is 1. The van der Waals surface area contributed by atoms with Gasteiger partial charge in [-0.15, -0.1) is 0 Å². The molecule has 5 rings (SSSR count). The van der Waals surface area contributed by atoms with Crippen molar-refractivity contribution in [1.29, 1.82) is 0 Å². The molecule has 0 saturated carbocycles. The lowest BCUT2D eigenvalue weighted by Gasteiger charge is -2.34. The molecule has 1 fully saturated rings. The van der Waals surface area contributed by atoms with Crippen molar-refractivity contribution in [3.63, 3.8) is 0 Å². The molecule has 0 radical (unpaired) electrons. The summed E-state index contributed by atoms with van der Waals surface area (Å²) in [6, 6.07) is 25.1. The van der Waals surface area contributed by atoms with E-state index in [1.165, 1.54) is 0 Å². The Balaban J connectivity index is 1.25. The molecule has 1 saturated heterocycles. The van der Waals surface area contributed by atoms with Crippen molar-refractivity contribution in [3.8, 4) is 0 Å².